The molecule has 0 radical (unpaired) electrons. The van der Waals surface area contributed by atoms with E-state index in [0.29, 0.717) is 48.0 Å². The number of aromatic nitrogens is 2. The first-order valence-corrected chi connectivity index (χ1v) is 12.2. The van der Waals surface area contributed by atoms with Crippen LogP contribution in [-0.2, 0) is 16.4 Å². The smallest absolute Gasteiger partial charge is 0.329 e. The third-order valence-corrected chi connectivity index (χ3v) is 6.87. The number of hydrogen-bond donors (Lipinski definition) is 2. The lowest BCUT2D eigenvalue weighted by Gasteiger charge is -2.40. The number of carbonyl (C=O) groups excluding carboxylic acids is 1. The van der Waals surface area contributed by atoms with Gasteiger partial charge in [-0.15, -0.1) is 0 Å². The maximum atomic E-state index is 12.4. The number of urea groups is 1. The molecule has 3 heterocycles. The zero-order chi connectivity index (χ0) is 24.5. The first kappa shape index (κ1) is 23.3. The average molecular weight is 481 g/mol. The number of pyridine rings is 1. The van der Waals surface area contributed by atoms with Crippen LogP contribution in [0.5, 0.6) is 0 Å². The Hall–Kier alpha value is -3.91. The average Bonchev–Trinajstić information content (AvgIpc) is 3.25. The van der Waals surface area contributed by atoms with Gasteiger partial charge in [-0.05, 0) is 32.0 Å². The number of aryl methyl sites for hydroxylation is 3. The molecule has 3 aromatic rings. The molecule has 10 nitrogen and oxygen atoms in total. The lowest BCUT2D eigenvalue weighted by atomic mass is 10.1. The number of rotatable bonds is 6. The molecular formula is C23H24N6O4S. The lowest BCUT2D eigenvalue weighted by molar-refractivity contribution is 0.239. The first-order chi connectivity index (χ1) is 16.2. The van der Waals surface area contributed by atoms with Crippen molar-refractivity contribution in [1.82, 2.24) is 20.0 Å². The van der Waals surface area contributed by atoms with Gasteiger partial charge in [0.15, 0.2) is 0 Å². The fourth-order valence-corrected chi connectivity index (χ4v) is 4.50. The third-order valence-electron chi connectivity index (χ3n) is 5.52. The van der Waals surface area contributed by atoms with E-state index in [0.717, 1.165) is 11.3 Å². The van der Waals surface area contributed by atoms with Crippen molar-refractivity contribution in [3.63, 3.8) is 0 Å². The van der Waals surface area contributed by atoms with E-state index in [1.165, 1.54) is 12.1 Å². The highest BCUT2D eigenvalue weighted by Crippen LogP contribution is 2.30. The van der Waals surface area contributed by atoms with Gasteiger partial charge in [0, 0.05) is 19.5 Å². The number of carbonyl (C=O) groups is 1. The van der Waals surface area contributed by atoms with Crippen LogP contribution in [0.15, 0.2) is 45.8 Å². The zero-order valence-corrected chi connectivity index (χ0v) is 19.8. The number of nitrogens with one attached hydrogen (secondary N) is 2. The van der Waals surface area contributed by atoms with Crippen molar-refractivity contribution < 1.29 is 17.6 Å². The SMILES string of the molecule is CCc1cnc(-c2cc(C#N)c(N3CC(NC(=O)NS(=O)(=O)c4ccc(C)cc4)C3)nc2C)o1. The van der Waals surface area contributed by atoms with E-state index in [1.54, 1.807) is 24.4 Å². The molecule has 1 saturated heterocycles. The van der Waals surface area contributed by atoms with Crippen molar-refractivity contribution in [2.24, 2.45) is 0 Å². The minimum atomic E-state index is -3.97. The van der Waals surface area contributed by atoms with Gasteiger partial charge in [0.25, 0.3) is 10.0 Å². The Labute approximate surface area is 197 Å². The molecule has 2 aromatic heterocycles. The molecule has 0 bridgehead atoms. The Balaban J connectivity index is 1.40. The molecule has 0 atom stereocenters. The van der Waals surface area contributed by atoms with Crippen LogP contribution in [0.3, 0.4) is 0 Å². The van der Waals surface area contributed by atoms with Crippen molar-refractivity contribution in [3.05, 3.63) is 59.1 Å². The summed E-state index contributed by atoms with van der Waals surface area (Å²) < 4.78 is 32.5. The normalized spacial score (nSPS) is 13.8. The maximum absolute atomic E-state index is 12.4. The van der Waals surface area contributed by atoms with E-state index < -0.39 is 16.1 Å². The van der Waals surface area contributed by atoms with Crippen molar-refractivity contribution in [3.8, 4) is 17.5 Å². The number of hydrogen-bond acceptors (Lipinski definition) is 8. The highest BCUT2D eigenvalue weighted by atomic mass is 32.2. The lowest BCUT2D eigenvalue weighted by Crippen LogP contribution is -2.61. The van der Waals surface area contributed by atoms with Gasteiger partial charge < -0.3 is 14.6 Å². The Bertz CT molecular complexity index is 1370. The summed E-state index contributed by atoms with van der Waals surface area (Å²) in [5.74, 6) is 1.66. The molecule has 1 fully saturated rings. The molecule has 34 heavy (non-hydrogen) atoms. The largest absolute Gasteiger partial charge is 0.441 e. The van der Waals surface area contributed by atoms with Gasteiger partial charge in [0.05, 0.1) is 34.0 Å². The van der Waals surface area contributed by atoms with Crippen LogP contribution < -0.4 is 14.9 Å². The second kappa shape index (κ2) is 9.15. The van der Waals surface area contributed by atoms with Crippen LogP contribution in [0.2, 0.25) is 0 Å². The maximum Gasteiger partial charge on any atom is 0.329 e. The van der Waals surface area contributed by atoms with Crippen molar-refractivity contribution in [1.29, 1.82) is 5.26 Å². The zero-order valence-electron chi connectivity index (χ0n) is 19.0. The number of benzene rings is 1. The minimum Gasteiger partial charge on any atom is -0.441 e. The van der Waals surface area contributed by atoms with Crippen molar-refractivity contribution in [2.75, 3.05) is 18.0 Å². The topological polar surface area (TPSA) is 141 Å². The number of nitriles is 1. The van der Waals surface area contributed by atoms with E-state index in [9.17, 15) is 18.5 Å². The van der Waals surface area contributed by atoms with Crippen LogP contribution in [0.1, 0.15) is 29.5 Å². The van der Waals surface area contributed by atoms with Crippen LogP contribution in [0.25, 0.3) is 11.5 Å². The van der Waals surface area contributed by atoms with Crippen LogP contribution >= 0.6 is 0 Å². The van der Waals surface area contributed by atoms with Gasteiger partial charge in [0.1, 0.15) is 17.6 Å². The summed E-state index contributed by atoms with van der Waals surface area (Å²) in [5.41, 5.74) is 2.59. The molecular weight excluding hydrogens is 456 g/mol. The molecule has 1 aliphatic rings. The van der Waals surface area contributed by atoms with Gasteiger partial charge in [-0.1, -0.05) is 24.6 Å². The Morgan fingerprint density at radius 2 is 1.97 bits per heavy atom. The number of amides is 2. The second-order valence-corrected chi connectivity index (χ2v) is 9.77. The van der Waals surface area contributed by atoms with Crippen LogP contribution in [0.4, 0.5) is 10.6 Å². The summed E-state index contributed by atoms with van der Waals surface area (Å²) in [7, 11) is -3.97. The number of anilines is 1. The van der Waals surface area contributed by atoms with E-state index >= 15 is 0 Å². The van der Waals surface area contributed by atoms with Crippen molar-refractivity contribution in [2.45, 2.75) is 38.1 Å². The Kier molecular flexibility index (Phi) is 6.26. The van der Waals surface area contributed by atoms with E-state index in [-0.39, 0.29) is 10.9 Å². The van der Waals surface area contributed by atoms with E-state index in [4.69, 9.17) is 4.42 Å². The van der Waals surface area contributed by atoms with Gasteiger partial charge in [-0.3, -0.25) is 0 Å². The molecule has 2 amide bonds. The predicted octanol–water partition coefficient (Wildman–Crippen LogP) is 2.66. The van der Waals surface area contributed by atoms with Gasteiger partial charge in [-0.25, -0.2) is 27.9 Å². The molecule has 1 aromatic carbocycles. The molecule has 4 rings (SSSR count). The van der Waals surface area contributed by atoms with E-state index in [1.807, 2.05) is 30.4 Å². The third kappa shape index (κ3) is 4.72. The summed E-state index contributed by atoms with van der Waals surface area (Å²) >= 11 is 0. The minimum absolute atomic E-state index is 0.0130. The molecule has 176 valence electrons. The molecule has 2 N–H and O–H groups in total. The number of oxazole rings is 1. The van der Waals surface area contributed by atoms with Crippen molar-refractivity contribution >= 4 is 21.9 Å². The number of nitrogens with zero attached hydrogens (tertiary/aromatic N) is 4. The second-order valence-electron chi connectivity index (χ2n) is 8.08. The van der Waals surface area contributed by atoms with Gasteiger partial charge in [-0.2, -0.15) is 5.26 Å². The highest BCUT2D eigenvalue weighted by Gasteiger charge is 2.32. The van der Waals surface area contributed by atoms with Gasteiger partial charge >= 0.3 is 6.03 Å². The van der Waals surface area contributed by atoms with E-state index in [2.05, 4.69) is 21.4 Å². The highest BCUT2D eigenvalue weighted by molar-refractivity contribution is 7.90. The molecule has 0 aliphatic carbocycles. The monoisotopic (exact) mass is 480 g/mol. The molecule has 11 heteroatoms. The number of sulfonamides is 1. The molecule has 0 unspecified atom stereocenters. The summed E-state index contributed by atoms with van der Waals surface area (Å²) in [6, 6.07) is 8.97. The Morgan fingerprint density at radius 3 is 2.59 bits per heavy atom. The fourth-order valence-electron chi connectivity index (χ4n) is 3.58. The summed E-state index contributed by atoms with van der Waals surface area (Å²) in [6.45, 7) is 6.39. The fraction of sp³-hybridized carbons (Fsp3) is 0.304. The van der Waals surface area contributed by atoms with Gasteiger partial charge in [0.2, 0.25) is 5.89 Å². The molecule has 0 saturated carbocycles. The standard InChI is InChI=1S/C23H24N6O4S/c1-4-18-11-25-22(33-18)20-9-16(10-24)21(26-15(20)3)29-12-17(13-29)27-23(30)28-34(31,32)19-7-5-14(2)6-8-19/h5-9,11,17H,4,12-13H2,1-3H3,(H2,27,28,30). The quantitative estimate of drug-likeness (QED) is 0.548. The molecule has 0 spiro atoms. The van der Waals surface area contributed by atoms with Crippen LogP contribution in [0, 0.1) is 25.2 Å². The first-order valence-electron chi connectivity index (χ1n) is 10.7. The molecule has 1 aliphatic heterocycles. The Morgan fingerprint density at radius 1 is 1.26 bits per heavy atom. The summed E-state index contributed by atoms with van der Waals surface area (Å²) in [4.78, 5) is 23.0. The summed E-state index contributed by atoms with van der Waals surface area (Å²) in [5, 5.41) is 12.3. The summed E-state index contributed by atoms with van der Waals surface area (Å²) in [6.07, 6.45) is 2.37. The van der Waals surface area contributed by atoms with Crippen LogP contribution in [-0.4, -0.2) is 43.5 Å². The predicted molar refractivity (Wildman–Crippen MR) is 125 cm³/mol.